The molecule has 174 valence electrons. The minimum atomic E-state index is -0.350. The van der Waals surface area contributed by atoms with Crippen molar-refractivity contribution in [3.05, 3.63) is 58.7 Å². The van der Waals surface area contributed by atoms with Crippen LogP contribution in [0.3, 0.4) is 0 Å². The summed E-state index contributed by atoms with van der Waals surface area (Å²) in [5.41, 5.74) is 4.78. The lowest BCUT2D eigenvalue weighted by Crippen LogP contribution is -2.36. The van der Waals surface area contributed by atoms with Crippen LogP contribution in [-0.2, 0) is 16.1 Å². The molecule has 1 saturated heterocycles. The van der Waals surface area contributed by atoms with Crippen molar-refractivity contribution < 1.29 is 18.7 Å². The summed E-state index contributed by atoms with van der Waals surface area (Å²) < 4.78 is 13.3. The van der Waals surface area contributed by atoms with Crippen LogP contribution >= 0.6 is 0 Å². The fraction of sp³-hybridized carbons (Fsp3) is 0.423. The molecular weight excluding hydrogens is 418 g/mol. The number of oxazole rings is 1. The van der Waals surface area contributed by atoms with Crippen molar-refractivity contribution in [3.63, 3.8) is 0 Å². The predicted octanol–water partition coefficient (Wildman–Crippen LogP) is 4.86. The second-order valence-electron chi connectivity index (χ2n) is 8.38. The van der Waals surface area contributed by atoms with E-state index in [0.717, 1.165) is 53.3 Å². The first kappa shape index (κ1) is 22.8. The highest BCUT2D eigenvalue weighted by molar-refractivity contribution is 5.98. The van der Waals surface area contributed by atoms with E-state index >= 15 is 0 Å². The van der Waals surface area contributed by atoms with Gasteiger partial charge in [0.15, 0.2) is 11.5 Å². The molecule has 0 aliphatic carbocycles. The highest BCUT2D eigenvalue weighted by Gasteiger charge is 2.27. The predicted molar refractivity (Wildman–Crippen MR) is 127 cm³/mol. The van der Waals surface area contributed by atoms with E-state index in [1.165, 1.54) is 0 Å². The second kappa shape index (κ2) is 9.65. The Balaban J connectivity index is 1.46. The van der Waals surface area contributed by atoms with Crippen molar-refractivity contribution in [1.29, 1.82) is 0 Å². The molecule has 1 aliphatic heterocycles. The van der Waals surface area contributed by atoms with Crippen molar-refractivity contribution >= 4 is 29.1 Å². The van der Waals surface area contributed by atoms with E-state index < -0.39 is 0 Å². The SMILES string of the molecule is CCOC(=O)c1c(/C=C/C(=O)N2CCC(c3nc4ccccc4o3)CC2)c(C)n(CC)c1C. The number of carbonyl (C=O) groups excluding carboxylic acids is 2. The first-order valence-electron chi connectivity index (χ1n) is 11.6. The van der Waals surface area contributed by atoms with Gasteiger partial charge in [0.2, 0.25) is 5.91 Å². The average Bonchev–Trinajstić information content (AvgIpc) is 3.36. The van der Waals surface area contributed by atoms with Gasteiger partial charge in [-0.1, -0.05) is 12.1 Å². The van der Waals surface area contributed by atoms with E-state index in [1.54, 1.807) is 19.1 Å². The van der Waals surface area contributed by atoms with Gasteiger partial charge in [0.25, 0.3) is 0 Å². The first-order chi connectivity index (χ1) is 15.9. The van der Waals surface area contributed by atoms with Gasteiger partial charge in [-0.3, -0.25) is 4.79 Å². The number of aromatic nitrogens is 2. The van der Waals surface area contributed by atoms with Gasteiger partial charge in [-0.2, -0.15) is 0 Å². The quantitative estimate of drug-likeness (QED) is 0.397. The number of para-hydroxylation sites is 2. The fourth-order valence-corrected chi connectivity index (χ4v) is 4.72. The number of esters is 1. The summed E-state index contributed by atoms with van der Waals surface area (Å²) >= 11 is 0. The number of amides is 1. The third-order valence-corrected chi connectivity index (χ3v) is 6.49. The summed E-state index contributed by atoms with van der Waals surface area (Å²) in [6.07, 6.45) is 4.95. The lowest BCUT2D eigenvalue weighted by molar-refractivity contribution is -0.127. The Morgan fingerprint density at radius 1 is 1.15 bits per heavy atom. The summed E-state index contributed by atoms with van der Waals surface area (Å²) in [5.74, 6) is 0.563. The fourth-order valence-electron chi connectivity index (χ4n) is 4.72. The zero-order valence-corrected chi connectivity index (χ0v) is 19.8. The summed E-state index contributed by atoms with van der Waals surface area (Å²) in [5, 5.41) is 0. The molecule has 33 heavy (non-hydrogen) atoms. The number of carbonyl (C=O) groups is 2. The molecule has 1 aromatic carbocycles. The molecule has 2 aromatic heterocycles. The normalized spacial score (nSPS) is 15.0. The van der Waals surface area contributed by atoms with E-state index in [4.69, 9.17) is 9.15 Å². The van der Waals surface area contributed by atoms with Gasteiger partial charge >= 0.3 is 5.97 Å². The summed E-state index contributed by atoms with van der Waals surface area (Å²) in [6, 6.07) is 7.77. The molecule has 0 bridgehead atoms. The monoisotopic (exact) mass is 449 g/mol. The van der Waals surface area contributed by atoms with E-state index in [-0.39, 0.29) is 17.8 Å². The maximum Gasteiger partial charge on any atom is 0.340 e. The Labute approximate surface area is 194 Å². The molecule has 1 amide bonds. The Morgan fingerprint density at radius 3 is 2.55 bits per heavy atom. The molecule has 7 nitrogen and oxygen atoms in total. The Hall–Kier alpha value is -3.35. The topological polar surface area (TPSA) is 77.6 Å². The van der Waals surface area contributed by atoms with E-state index in [1.807, 2.05) is 49.9 Å². The summed E-state index contributed by atoms with van der Waals surface area (Å²) in [6.45, 7) is 10.1. The van der Waals surface area contributed by atoms with Crippen LogP contribution in [0, 0.1) is 13.8 Å². The molecule has 1 aliphatic rings. The third kappa shape index (κ3) is 4.45. The molecule has 1 fully saturated rings. The van der Waals surface area contributed by atoms with E-state index in [9.17, 15) is 9.59 Å². The van der Waals surface area contributed by atoms with E-state index in [2.05, 4.69) is 9.55 Å². The van der Waals surface area contributed by atoms with Gasteiger partial charge in [0.05, 0.1) is 12.2 Å². The standard InChI is InChI=1S/C26H31N3O4/c1-5-29-17(3)20(24(18(29)4)26(31)32-6-2)11-12-23(30)28-15-13-19(14-16-28)25-27-21-9-7-8-10-22(21)33-25/h7-12,19H,5-6,13-16H2,1-4H3/b12-11+. The van der Waals surface area contributed by atoms with Crippen molar-refractivity contribution in [2.75, 3.05) is 19.7 Å². The van der Waals surface area contributed by atoms with E-state index in [0.29, 0.717) is 25.3 Å². The molecule has 0 spiro atoms. The van der Waals surface area contributed by atoms with Crippen LogP contribution in [0.25, 0.3) is 17.2 Å². The minimum absolute atomic E-state index is 0.0536. The van der Waals surface area contributed by atoms with Gasteiger partial charge in [0.1, 0.15) is 5.52 Å². The highest BCUT2D eigenvalue weighted by atomic mass is 16.5. The average molecular weight is 450 g/mol. The zero-order valence-electron chi connectivity index (χ0n) is 19.8. The highest BCUT2D eigenvalue weighted by Crippen LogP contribution is 2.30. The van der Waals surface area contributed by atoms with Crippen molar-refractivity contribution in [2.24, 2.45) is 0 Å². The number of rotatable bonds is 6. The number of nitrogens with zero attached hydrogens (tertiary/aromatic N) is 3. The van der Waals surface area contributed by atoms with Crippen molar-refractivity contribution in [2.45, 2.75) is 53.0 Å². The van der Waals surface area contributed by atoms with Crippen molar-refractivity contribution in [1.82, 2.24) is 14.5 Å². The number of hydrogen-bond donors (Lipinski definition) is 0. The number of piperidine rings is 1. The third-order valence-electron chi connectivity index (χ3n) is 6.49. The van der Waals surface area contributed by atoms with Gasteiger partial charge < -0.3 is 18.6 Å². The van der Waals surface area contributed by atoms with Crippen LogP contribution < -0.4 is 0 Å². The van der Waals surface area contributed by atoms with Gasteiger partial charge in [0, 0.05) is 48.6 Å². The number of likely N-dealkylation sites (tertiary alicyclic amines) is 1. The van der Waals surface area contributed by atoms with Gasteiger partial charge in [-0.05, 0) is 58.7 Å². The molecule has 3 heterocycles. The molecule has 0 unspecified atom stereocenters. The zero-order chi connectivity index (χ0) is 23.5. The largest absolute Gasteiger partial charge is 0.462 e. The summed E-state index contributed by atoms with van der Waals surface area (Å²) in [7, 11) is 0. The Bertz CT molecular complexity index is 1160. The molecule has 4 rings (SSSR count). The molecule has 0 radical (unpaired) electrons. The Kier molecular flexibility index (Phi) is 6.67. The second-order valence-corrected chi connectivity index (χ2v) is 8.38. The van der Waals surface area contributed by atoms with Crippen molar-refractivity contribution in [3.8, 4) is 0 Å². The summed E-state index contributed by atoms with van der Waals surface area (Å²) in [4.78, 5) is 31.9. The van der Waals surface area contributed by atoms with Gasteiger partial charge in [-0.15, -0.1) is 0 Å². The Morgan fingerprint density at radius 2 is 1.88 bits per heavy atom. The first-order valence-corrected chi connectivity index (χ1v) is 11.6. The van der Waals surface area contributed by atoms with Gasteiger partial charge in [-0.25, -0.2) is 9.78 Å². The number of benzene rings is 1. The van der Waals surface area contributed by atoms with Crippen LogP contribution in [0.1, 0.15) is 65.8 Å². The minimum Gasteiger partial charge on any atom is -0.462 e. The number of fused-ring (bicyclic) bond motifs is 1. The van der Waals surface area contributed by atoms with Crippen LogP contribution in [0.2, 0.25) is 0 Å². The van der Waals surface area contributed by atoms with Crippen LogP contribution in [0.15, 0.2) is 34.8 Å². The maximum atomic E-state index is 12.9. The molecule has 0 saturated carbocycles. The van der Waals surface area contributed by atoms with Crippen LogP contribution in [0.5, 0.6) is 0 Å². The number of hydrogen-bond acceptors (Lipinski definition) is 5. The van der Waals surface area contributed by atoms with Crippen LogP contribution in [-0.4, -0.2) is 46.0 Å². The number of ether oxygens (including phenoxy) is 1. The molecule has 0 atom stereocenters. The molecular formula is C26H31N3O4. The molecule has 0 N–H and O–H groups in total. The molecule has 3 aromatic rings. The molecule has 7 heteroatoms. The smallest absolute Gasteiger partial charge is 0.340 e. The lowest BCUT2D eigenvalue weighted by Gasteiger charge is -2.29. The van der Waals surface area contributed by atoms with Crippen LogP contribution in [0.4, 0.5) is 0 Å². The lowest BCUT2D eigenvalue weighted by atomic mass is 9.96. The maximum absolute atomic E-state index is 12.9.